The third kappa shape index (κ3) is 3.90. The molecule has 19 heavy (non-hydrogen) atoms. The predicted octanol–water partition coefficient (Wildman–Crippen LogP) is 3.44. The summed E-state index contributed by atoms with van der Waals surface area (Å²) in [5, 5.41) is 3.49. The van der Waals surface area contributed by atoms with Gasteiger partial charge in [0.05, 0.1) is 5.56 Å². The maximum atomic E-state index is 12.1. The van der Waals surface area contributed by atoms with Crippen molar-refractivity contribution in [3.63, 3.8) is 0 Å². The van der Waals surface area contributed by atoms with Gasteiger partial charge in [-0.25, -0.2) is 0 Å². The highest BCUT2D eigenvalue weighted by Crippen LogP contribution is 2.36. The van der Waals surface area contributed by atoms with Gasteiger partial charge in [0.1, 0.15) is 0 Å². The predicted molar refractivity (Wildman–Crippen MR) is 81.6 cm³/mol. The molecule has 1 aliphatic rings. The lowest BCUT2D eigenvalue weighted by Crippen LogP contribution is -2.23. The third-order valence-electron chi connectivity index (χ3n) is 3.43. The molecule has 3 nitrogen and oxygen atoms in total. The van der Waals surface area contributed by atoms with Crippen LogP contribution in [0.4, 0.5) is 5.69 Å². The number of carbonyl (C=O) groups is 1. The molecule has 0 aliphatic heterocycles. The fraction of sp³-hybridized carbons (Fsp3) is 0.533. The topological polar surface area (TPSA) is 55.1 Å². The molecule has 3 N–H and O–H groups in total. The Morgan fingerprint density at radius 1 is 1.37 bits per heavy atom. The molecule has 0 saturated heterocycles. The van der Waals surface area contributed by atoms with Gasteiger partial charge < -0.3 is 11.1 Å². The van der Waals surface area contributed by atoms with Crippen molar-refractivity contribution in [2.45, 2.75) is 49.2 Å². The summed E-state index contributed by atoms with van der Waals surface area (Å²) in [6.45, 7) is 2.58. The molecule has 0 radical (unpaired) electrons. The summed E-state index contributed by atoms with van der Waals surface area (Å²) in [6, 6.07) is 5.57. The maximum Gasteiger partial charge on any atom is 0.252 e. The number of carbonyl (C=O) groups excluding carboxylic acids is 1. The number of nitrogen functional groups attached to an aromatic ring is 1. The second-order valence-corrected chi connectivity index (χ2v) is 6.34. The molecule has 1 aromatic rings. The summed E-state index contributed by atoms with van der Waals surface area (Å²) >= 11 is 1.82. The molecule has 0 unspecified atom stereocenters. The van der Waals surface area contributed by atoms with Crippen LogP contribution in [0.3, 0.4) is 0 Å². The van der Waals surface area contributed by atoms with Crippen LogP contribution in [0.1, 0.15) is 49.4 Å². The highest BCUT2D eigenvalue weighted by atomic mass is 32.2. The monoisotopic (exact) mass is 278 g/mol. The van der Waals surface area contributed by atoms with E-state index in [0.29, 0.717) is 11.8 Å². The normalized spacial score (nSPS) is 16.3. The van der Waals surface area contributed by atoms with Crippen molar-refractivity contribution >= 4 is 23.4 Å². The fourth-order valence-corrected chi connectivity index (χ4v) is 3.86. The first kappa shape index (κ1) is 14.3. The highest BCUT2D eigenvalue weighted by molar-refractivity contribution is 8.00. The summed E-state index contributed by atoms with van der Waals surface area (Å²) in [7, 11) is 0. The van der Waals surface area contributed by atoms with E-state index in [1.54, 1.807) is 6.07 Å². The molecule has 1 aliphatic carbocycles. The van der Waals surface area contributed by atoms with E-state index >= 15 is 0 Å². The van der Waals surface area contributed by atoms with Gasteiger partial charge in [0.25, 0.3) is 5.91 Å². The van der Waals surface area contributed by atoms with Crippen LogP contribution in [0.15, 0.2) is 23.1 Å². The van der Waals surface area contributed by atoms with E-state index in [1.807, 2.05) is 30.8 Å². The van der Waals surface area contributed by atoms with Gasteiger partial charge in [0, 0.05) is 22.4 Å². The van der Waals surface area contributed by atoms with E-state index in [9.17, 15) is 4.79 Å². The van der Waals surface area contributed by atoms with Crippen molar-refractivity contribution in [2.24, 2.45) is 0 Å². The van der Waals surface area contributed by atoms with Gasteiger partial charge in [-0.3, -0.25) is 4.79 Å². The van der Waals surface area contributed by atoms with Crippen LogP contribution in [0.5, 0.6) is 0 Å². The van der Waals surface area contributed by atoms with Crippen LogP contribution in [-0.4, -0.2) is 17.7 Å². The van der Waals surface area contributed by atoms with Crippen LogP contribution in [0.25, 0.3) is 0 Å². The molecule has 1 aromatic carbocycles. The van der Waals surface area contributed by atoms with E-state index in [1.165, 1.54) is 32.1 Å². The molecule has 0 aromatic heterocycles. The number of nitrogens with two attached hydrogens (primary N) is 1. The van der Waals surface area contributed by atoms with Gasteiger partial charge in [-0.15, -0.1) is 11.8 Å². The van der Waals surface area contributed by atoms with Gasteiger partial charge in [-0.05, 0) is 38.0 Å². The minimum Gasteiger partial charge on any atom is -0.399 e. The van der Waals surface area contributed by atoms with Gasteiger partial charge in [-0.2, -0.15) is 0 Å². The lowest BCUT2D eigenvalue weighted by atomic mass is 10.0. The number of hydrogen-bond donors (Lipinski definition) is 2. The summed E-state index contributed by atoms with van der Waals surface area (Å²) < 4.78 is 0. The van der Waals surface area contributed by atoms with E-state index in [4.69, 9.17) is 5.73 Å². The lowest BCUT2D eigenvalue weighted by Gasteiger charge is -2.22. The van der Waals surface area contributed by atoms with Crippen molar-refractivity contribution < 1.29 is 4.79 Å². The van der Waals surface area contributed by atoms with Crippen LogP contribution < -0.4 is 11.1 Å². The number of amides is 1. The number of rotatable bonds is 4. The quantitative estimate of drug-likeness (QED) is 0.829. The van der Waals surface area contributed by atoms with Gasteiger partial charge in [0.15, 0.2) is 0 Å². The SMILES string of the molecule is CCNC(=O)c1ccc(N)cc1SC1CCCCC1. The largest absolute Gasteiger partial charge is 0.399 e. The third-order valence-corrected chi connectivity index (χ3v) is 4.83. The average Bonchev–Trinajstić information content (AvgIpc) is 2.40. The molecule has 104 valence electrons. The van der Waals surface area contributed by atoms with E-state index in [0.717, 1.165) is 16.1 Å². The highest BCUT2D eigenvalue weighted by Gasteiger charge is 2.18. The fourth-order valence-electron chi connectivity index (χ4n) is 2.44. The summed E-state index contributed by atoms with van der Waals surface area (Å²) in [5.74, 6) is 0.000749. The molecule has 0 atom stereocenters. The number of thioether (sulfide) groups is 1. The van der Waals surface area contributed by atoms with E-state index < -0.39 is 0 Å². The van der Waals surface area contributed by atoms with Gasteiger partial charge in [0.2, 0.25) is 0 Å². The van der Waals surface area contributed by atoms with Crippen molar-refractivity contribution in [2.75, 3.05) is 12.3 Å². The van der Waals surface area contributed by atoms with Crippen molar-refractivity contribution in [3.05, 3.63) is 23.8 Å². The molecule has 1 amide bonds. The van der Waals surface area contributed by atoms with Gasteiger partial charge in [-0.1, -0.05) is 19.3 Å². The Kier molecular flexibility index (Phi) is 5.14. The lowest BCUT2D eigenvalue weighted by molar-refractivity contribution is 0.0953. The maximum absolute atomic E-state index is 12.1. The zero-order valence-corrected chi connectivity index (χ0v) is 12.3. The molecular weight excluding hydrogens is 256 g/mol. The molecule has 0 spiro atoms. The Morgan fingerprint density at radius 2 is 2.11 bits per heavy atom. The molecule has 0 heterocycles. The van der Waals surface area contributed by atoms with Crippen molar-refractivity contribution in [1.82, 2.24) is 5.32 Å². The first-order chi connectivity index (χ1) is 9.20. The Hall–Kier alpha value is -1.16. The summed E-state index contributed by atoms with van der Waals surface area (Å²) in [6.07, 6.45) is 6.44. The Labute approximate surface area is 119 Å². The van der Waals surface area contributed by atoms with Crippen molar-refractivity contribution in [3.8, 4) is 0 Å². The first-order valence-electron chi connectivity index (χ1n) is 7.05. The minimum absolute atomic E-state index is 0.000749. The molecule has 0 bridgehead atoms. The molecule has 2 rings (SSSR count). The van der Waals surface area contributed by atoms with Crippen LogP contribution in [-0.2, 0) is 0 Å². The summed E-state index contributed by atoms with van der Waals surface area (Å²) in [4.78, 5) is 13.1. The minimum atomic E-state index is 0.000749. The second-order valence-electron chi connectivity index (χ2n) is 4.99. The average molecular weight is 278 g/mol. The summed E-state index contributed by atoms with van der Waals surface area (Å²) in [5.41, 5.74) is 7.35. The van der Waals surface area contributed by atoms with Gasteiger partial charge >= 0.3 is 0 Å². The number of benzene rings is 1. The van der Waals surface area contributed by atoms with E-state index in [2.05, 4.69) is 5.32 Å². The second kappa shape index (κ2) is 6.85. The number of anilines is 1. The Balaban J connectivity index is 2.16. The van der Waals surface area contributed by atoms with Crippen LogP contribution >= 0.6 is 11.8 Å². The van der Waals surface area contributed by atoms with Crippen LogP contribution in [0.2, 0.25) is 0 Å². The Morgan fingerprint density at radius 3 is 2.79 bits per heavy atom. The zero-order valence-electron chi connectivity index (χ0n) is 11.4. The molecule has 1 fully saturated rings. The first-order valence-corrected chi connectivity index (χ1v) is 7.93. The Bertz CT molecular complexity index is 442. The van der Waals surface area contributed by atoms with Crippen LogP contribution in [0, 0.1) is 0 Å². The smallest absolute Gasteiger partial charge is 0.252 e. The molecular formula is C15H22N2OS. The standard InChI is InChI=1S/C15H22N2OS/c1-2-17-15(18)13-9-8-11(16)10-14(13)19-12-6-4-3-5-7-12/h8-10,12H,2-7,16H2,1H3,(H,17,18). The molecule has 1 saturated carbocycles. The molecule has 4 heteroatoms. The zero-order chi connectivity index (χ0) is 13.7. The van der Waals surface area contributed by atoms with E-state index in [-0.39, 0.29) is 5.91 Å². The number of nitrogens with one attached hydrogen (secondary N) is 1. The van der Waals surface area contributed by atoms with Crippen molar-refractivity contribution in [1.29, 1.82) is 0 Å². The number of hydrogen-bond acceptors (Lipinski definition) is 3.